The number of ether oxygens (including phenoxy) is 1. The van der Waals surface area contributed by atoms with Crippen molar-refractivity contribution in [3.05, 3.63) is 70.5 Å². The lowest BCUT2D eigenvalue weighted by Gasteiger charge is -2.10. The number of hydrogen-bond donors (Lipinski definition) is 1. The second kappa shape index (κ2) is 7.24. The smallest absolute Gasteiger partial charge is 0.194 e. The molecule has 0 aliphatic heterocycles. The Morgan fingerprint density at radius 1 is 0.952 bits per heavy atom. The van der Waals surface area contributed by atoms with E-state index in [1.54, 1.807) is 7.11 Å². The first-order chi connectivity index (χ1) is 10.1. The standard InChI is InChI=1S/C16H16F3NO/c1-21-10-13-5-3-2-4-12(13)9-20-8-11-6-14(17)16(19)15(18)7-11/h2-7,20H,8-10H2,1H3. The predicted octanol–water partition coefficient (Wildman–Crippen LogP) is 3.54. The summed E-state index contributed by atoms with van der Waals surface area (Å²) in [5.41, 5.74) is 2.45. The summed E-state index contributed by atoms with van der Waals surface area (Å²) in [6.45, 7) is 1.27. The summed E-state index contributed by atoms with van der Waals surface area (Å²) in [7, 11) is 1.62. The third-order valence-electron chi connectivity index (χ3n) is 3.11. The Morgan fingerprint density at radius 3 is 2.19 bits per heavy atom. The summed E-state index contributed by atoms with van der Waals surface area (Å²) >= 11 is 0. The van der Waals surface area contributed by atoms with Crippen molar-refractivity contribution in [3.63, 3.8) is 0 Å². The molecule has 2 aromatic carbocycles. The second-order valence-corrected chi connectivity index (χ2v) is 4.68. The third-order valence-corrected chi connectivity index (χ3v) is 3.11. The molecule has 0 heterocycles. The Hall–Kier alpha value is -1.85. The highest BCUT2D eigenvalue weighted by Gasteiger charge is 2.10. The highest BCUT2D eigenvalue weighted by molar-refractivity contribution is 5.26. The molecule has 0 bridgehead atoms. The van der Waals surface area contributed by atoms with Gasteiger partial charge in [0.15, 0.2) is 17.5 Å². The number of rotatable bonds is 6. The highest BCUT2D eigenvalue weighted by atomic mass is 19.2. The lowest BCUT2D eigenvalue weighted by molar-refractivity contribution is 0.184. The van der Waals surface area contributed by atoms with Crippen LogP contribution >= 0.6 is 0 Å². The normalized spacial score (nSPS) is 10.9. The Bertz CT molecular complexity index is 593. The van der Waals surface area contributed by atoms with E-state index in [9.17, 15) is 13.2 Å². The Labute approximate surface area is 121 Å². The van der Waals surface area contributed by atoms with Crippen molar-refractivity contribution in [2.24, 2.45) is 0 Å². The van der Waals surface area contributed by atoms with Crippen LogP contribution in [0.4, 0.5) is 13.2 Å². The van der Waals surface area contributed by atoms with Gasteiger partial charge in [0.1, 0.15) is 0 Å². The molecule has 2 rings (SSSR count). The summed E-state index contributed by atoms with van der Waals surface area (Å²) in [5, 5.41) is 3.08. The molecule has 0 aliphatic rings. The maximum Gasteiger partial charge on any atom is 0.194 e. The maximum atomic E-state index is 13.1. The van der Waals surface area contributed by atoms with Crippen LogP contribution in [0, 0.1) is 17.5 Å². The van der Waals surface area contributed by atoms with E-state index in [2.05, 4.69) is 5.32 Å². The van der Waals surface area contributed by atoms with Gasteiger partial charge in [0, 0.05) is 20.2 Å². The average molecular weight is 295 g/mol. The minimum absolute atomic E-state index is 0.245. The van der Waals surface area contributed by atoms with Crippen molar-refractivity contribution < 1.29 is 17.9 Å². The molecular formula is C16H16F3NO. The Kier molecular flexibility index (Phi) is 5.36. The van der Waals surface area contributed by atoms with Crippen LogP contribution in [0.25, 0.3) is 0 Å². The molecule has 0 fully saturated rings. The average Bonchev–Trinajstić information content (AvgIpc) is 2.47. The molecule has 0 amide bonds. The number of hydrogen-bond acceptors (Lipinski definition) is 2. The molecule has 2 nitrogen and oxygen atoms in total. The van der Waals surface area contributed by atoms with Crippen LogP contribution in [0.1, 0.15) is 16.7 Å². The summed E-state index contributed by atoms with van der Waals surface area (Å²) in [4.78, 5) is 0. The van der Waals surface area contributed by atoms with Crippen molar-refractivity contribution in [3.8, 4) is 0 Å². The lowest BCUT2D eigenvalue weighted by atomic mass is 10.1. The molecule has 0 radical (unpaired) electrons. The zero-order chi connectivity index (χ0) is 15.2. The molecular weight excluding hydrogens is 279 g/mol. The fourth-order valence-corrected chi connectivity index (χ4v) is 2.08. The van der Waals surface area contributed by atoms with Gasteiger partial charge in [-0.25, -0.2) is 13.2 Å². The molecule has 0 aliphatic carbocycles. The van der Waals surface area contributed by atoms with Gasteiger partial charge in [-0.1, -0.05) is 24.3 Å². The van der Waals surface area contributed by atoms with Crippen LogP contribution in [-0.4, -0.2) is 7.11 Å². The Balaban J connectivity index is 1.99. The van der Waals surface area contributed by atoms with Crippen LogP contribution in [0.3, 0.4) is 0 Å². The van der Waals surface area contributed by atoms with Crippen molar-refractivity contribution in [1.82, 2.24) is 5.32 Å². The minimum Gasteiger partial charge on any atom is -0.380 e. The van der Waals surface area contributed by atoms with Crippen molar-refractivity contribution in [2.45, 2.75) is 19.7 Å². The largest absolute Gasteiger partial charge is 0.380 e. The molecule has 21 heavy (non-hydrogen) atoms. The van der Waals surface area contributed by atoms with Gasteiger partial charge in [0.2, 0.25) is 0 Å². The number of benzene rings is 2. The first-order valence-electron chi connectivity index (χ1n) is 6.51. The predicted molar refractivity (Wildman–Crippen MR) is 74.0 cm³/mol. The third kappa shape index (κ3) is 4.06. The van der Waals surface area contributed by atoms with Crippen LogP contribution < -0.4 is 5.32 Å². The SMILES string of the molecule is COCc1ccccc1CNCc1cc(F)c(F)c(F)c1. The fraction of sp³-hybridized carbons (Fsp3) is 0.250. The van der Waals surface area contributed by atoms with E-state index in [0.717, 1.165) is 23.3 Å². The molecule has 0 aromatic heterocycles. The van der Waals surface area contributed by atoms with Gasteiger partial charge in [-0.15, -0.1) is 0 Å². The zero-order valence-corrected chi connectivity index (χ0v) is 11.6. The molecule has 0 unspecified atom stereocenters. The van der Waals surface area contributed by atoms with Crippen LogP contribution in [-0.2, 0) is 24.4 Å². The van der Waals surface area contributed by atoms with E-state index in [4.69, 9.17) is 4.74 Å². The molecule has 0 saturated carbocycles. The van der Waals surface area contributed by atoms with Gasteiger partial charge < -0.3 is 10.1 Å². The van der Waals surface area contributed by atoms with Gasteiger partial charge in [-0.2, -0.15) is 0 Å². The fourth-order valence-electron chi connectivity index (χ4n) is 2.08. The molecule has 2 aromatic rings. The second-order valence-electron chi connectivity index (χ2n) is 4.68. The van der Waals surface area contributed by atoms with Crippen LogP contribution in [0.5, 0.6) is 0 Å². The van der Waals surface area contributed by atoms with E-state index in [0.29, 0.717) is 18.7 Å². The van der Waals surface area contributed by atoms with E-state index >= 15 is 0 Å². The Morgan fingerprint density at radius 2 is 1.57 bits per heavy atom. The molecule has 0 atom stereocenters. The van der Waals surface area contributed by atoms with E-state index in [-0.39, 0.29) is 6.54 Å². The highest BCUT2D eigenvalue weighted by Crippen LogP contribution is 2.14. The molecule has 5 heteroatoms. The van der Waals surface area contributed by atoms with Gasteiger partial charge in [-0.05, 0) is 28.8 Å². The lowest BCUT2D eigenvalue weighted by Crippen LogP contribution is -2.14. The van der Waals surface area contributed by atoms with Crippen molar-refractivity contribution >= 4 is 0 Å². The summed E-state index contributed by atoms with van der Waals surface area (Å²) in [6, 6.07) is 9.72. The molecule has 0 spiro atoms. The van der Waals surface area contributed by atoms with Crippen molar-refractivity contribution in [1.29, 1.82) is 0 Å². The maximum absolute atomic E-state index is 13.1. The number of nitrogens with one attached hydrogen (secondary N) is 1. The first kappa shape index (κ1) is 15.5. The van der Waals surface area contributed by atoms with E-state index in [1.165, 1.54) is 0 Å². The summed E-state index contributed by atoms with van der Waals surface area (Å²) < 4.78 is 44.2. The summed E-state index contributed by atoms with van der Waals surface area (Å²) in [5.74, 6) is -3.79. The van der Waals surface area contributed by atoms with E-state index < -0.39 is 17.5 Å². The topological polar surface area (TPSA) is 21.3 Å². The monoisotopic (exact) mass is 295 g/mol. The zero-order valence-electron chi connectivity index (χ0n) is 11.6. The molecule has 0 saturated heterocycles. The summed E-state index contributed by atoms with van der Waals surface area (Å²) in [6.07, 6.45) is 0. The number of methoxy groups -OCH3 is 1. The van der Waals surface area contributed by atoms with Crippen LogP contribution in [0.2, 0.25) is 0 Å². The van der Waals surface area contributed by atoms with E-state index in [1.807, 2.05) is 24.3 Å². The van der Waals surface area contributed by atoms with Gasteiger partial charge >= 0.3 is 0 Å². The van der Waals surface area contributed by atoms with Crippen molar-refractivity contribution in [2.75, 3.05) is 7.11 Å². The van der Waals surface area contributed by atoms with Gasteiger partial charge in [-0.3, -0.25) is 0 Å². The quantitative estimate of drug-likeness (QED) is 0.823. The number of halogens is 3. The molecule has 112 valence electrons. The van der Waals surface area contributed by atoms with Gasteiger partial charge in [0.25, 0.3) is 0 Å². The van der Waals surface area contributed by atoms with Gasteiger partial charge in [0.05, 0.1) is 6.61 Å². The van der Waals surface area contributed by atoms with Crippen LogP contribution in [0.15, 0.2) is 36.4 Å². The minimum atomic E-state index is -1.44. The first-order valence-corrected chi connectivity index (χ1v) is 6.51. The molecule has 1 N–H and O–H groups in total.